The lowest BCUT2D eigenvalue weighted by molar-refractivity contribution is 0.0505. The van der Waals surface area contributed by atoms with Gasteiger partial charge in [-0.15, -0.1) is 0 Å². The second-order valence-corrected chi connectivity index (χ2v) is 10.7. The third-order valence-electron chi connectivity index (χ3n) is 8.40. The minimum atomic E-state index is 0.370. The number of nitrogens with one attached hydrogen (secondary N) is 1. The summed E-state index contributed by atoms with van der Waals surface area (Å²) < 4.78 is 7.51. The number of aryl methyl sites for hydroxylation is 1. The highest BCUT2D eigenvalue weighted by molar-refractivity contribution is 5.67. The SMILES string of the molecule is COc1ccc(C23CCC(CNc4cccc(-c5cnn(C(C)C)c5)c4)(CC2)CC3)cc1C. The van der Waals surface area contributed by atoms with Gasteiger partial charge in [-0.25, -0.2) is 0 Å². The van der Waals surface area contributed by atoms with Crippen LogP contribution in [0.3, 0.4) is 0 Å². The maximum atomic E-state index is 5.49. The molecule has 2 aromatic carbocycles. The lowest BCUT2D eigenvalue weighted by Crippen LogP contribution is -2.47. The number of hydrogen-bond acceptors (Lipinski definition) is 3. The van der Waals surface area contributed by atoms with Crippen molar-refractivity contribution in [3.63, 3.8) is 0 Å². The molecule has 6 rings (SSSR count). The minimum Gasteiger partial charge on any atom is -0.496 e. The molecule has 1 aromatic heterocycles. The van der Waals surface area contributed by atoms with Gasteiger partial charge in [-0.05, 0) is 105 Å². The first kappa shape index (κ1) is 22.1. The minimum absolute atomic E-state index is 0.370. The highest BCUT2D eigenvalue weighted by Gasteiger charge is 2.49. The molecule has 3 saturated carbocycles. The molecule has 0 radical (unpaired) electrons. The topological polar surface area (TPSA) is 39.1 Å². The van der Waals surface area contributed by atoms with Gasteiger partial charge in [0.2, 0.25) is 0 Å². The molecular formula is C29H37N3O. The quantitative estimate of drug-likeness (QED) is 0.421. The molecule has 33 heavy (non-hydrogen) atoms. The second kappa shape index (κ2) is 8.55. The Morgan fingerprint density at radius 1 is 1.00 bits per heavy atom. The smallest absolute Gasteiger partial charge is 0.121 e. The zero-order valence-electron chi connectivity index (χ0n) is 20.5. The fraction of sp³-hybridized carbons (Fsp3) is 0.483. The van der Waals surface area contributed by atoms with Gasteiger partial charge in [0.1, 0.15) is 5.75 Å². The summed E-state index contributed by atoms with van der Waals surface area (Å²) in [6.45, 7) is 7.56. The molecule has 0 saturated heterocycles. The van der Waals surface area contributed by atoms with Crippen molar-refractivity contribution in [2.45, 2.75) is 70.8 Å². The molecule has 0 spiro atoms. The zero-order valence-corrected chi connectivity index (χ0v) is 20.5. The third kappa shape index (κ3) is 4.16. The monoisotopic (exact) mass is 443 g/mol. The van der Waals surface area contributed by atoms with E-state index in [1.165, 1.54) is 66.5 Å². The van der Waals surface area contributed by atoms with E-state index in [0.717, 1.165) is 12.3 Å². The Balaban J connectivity index is 1.25. The van der Waals surface area contributed by atoms with Crippen LogP contribution in [0.2, 0.25) is 0 Å². The summed E-state index contributed by atoms with van der Waals surface area (Å²) in [5.41, 5.74) is 7.21. The Labute approximate surface area is 198 Å². The molecule has 1 N–H and O–H groups in total. The molecule has 4 heteroatoms. The lowest BCUT2D eigenvalue weighted by Gasteiger charge is -2.54. The van der Waals surface area contributed by atoms with Gasteiger partial charge < -0.3 is 10.1 Å². The molecule has 3 aromatic rings. The van der Waals surface area contributed by atoms with Gasteiger partial charge in [-0.3, -0.25) is 4.68 Å². The summed E-state index contributed by atoms with van der Waals surface area (Å²) in [7, 11) is 1.76. The largest absolute Gasteiger partial charge is 0.496 e. The van der Waals surface area contributed by atoms with Crippen LogP contribution in [0.15, 0.2) is 54.9 Å². The van der Waals surface area contributed by atoms with Crippen LogP contribution >= 0.6 is 0 Å². The van der Waals surface area contributed by atoms with Gasteiger partial charge in [-0.2, -0.15) is 5.10 Å². The Bertz CT molecular complexity index is 1100. The molecule has 4 nitrogen and oxygen atoms in total. The van der Waals surface area contributed by atoms with Crippen LogP contribution in [-0.4, -0.2) is 23.4 Å². The van der Waals surface area contributed by atoms with Crippen LogP contribution in [0.4, 0.5) is 5.69 Å². The molecule has 3 fully saturated rings. The highest BCUT2D eigenvalue weighted by Crippen LogP contribution is 2.58. The van der Waals surface area contributed by atoms with Crippen LogP contribution in [-0.2, 0) is 5.41 Å². The van der Waals surface area contributed by atoms with Crippen LogP contribution < -0.4 is 10.1 Å². The van der Waals surface area contributed by atoms with Crippen molar-refractivity contribution in [2.24, 2.45) is 5.41 Å². The van der Waals surface area contributed by atoms with Crippen molar-refractivity contribution in [3.8, 4) is 16.9 Å². The molecular weight excluding hydrogens is 406 g/mol. The van der Waals surface area contributed by atoms with Gasteiger partial charge in [-0.1, -0.05) is 24.3 Å². The normalized spacial score (nSPS) is 24.3. The van der Waals surface area contributed by atoms with E-state index in [9.17, 15) is 0 Å². The number of rotatable bonds is 7. The van der Waals surface area contributed by atoms with E-state index in [1.807, 2.05) is 10.9 Å². The molecule has 174 valence electrons. The van der Waals surface area contributed by atoms with Crippen LogP contribution in [0.5, 0.6) is 5.75 Å². The maximum absolute atomic E-state index is 5.49. The number of nitrogens with zero attached hydrogens (tertiary/aromatic N) is 2. The van der Waals surface area contributed by atoms with Crippen molar-refractivity contribution in [2.75, 3.05) is 19.0 Å². The summed E-state index contributed by atoms with van der Waals surface area (Å²) in [5, 5.41) is 8.31. The van der Waals surface area contributed by atoms with E-state index in [1.54, 1.807) is 7.11 Å². The highest BCUT2D eigenvalue weighted by atomic mass is 16.5. The van der Waals surface area contributed by atoms with E-state index in [4.69, 9.17) is 4.74 Å². The van der Waals surface area contributed by atoms with Gasteiger partial charge >= 0.3 is 0 Å². The van der Waals surface area contributed by atoms with E-state index in [0.29, 0.717) is 16.9 Å². The first-order valence-corrected chi connectivity index (χ1v) is 12.5. The predicted molar refractivity (Wildman–Crippen MR) is 136 cm³/mol. The summed E-state index contributed by atoms with van der Waals surface area (Å²) in [5.74, 6) is 0.999. The summed E-state index contributed by atoms with van der Waals surface area (Å²) in [4.78, 5) is 0. The zero-order chi connectivity index (χ0) is 23.1. The van der Waals surface area contributed by atoms with Crippen LogP contribution in [0.1, 0.15) is 69.5 Å². The molecule has 0 unspecified atom stereocenters. The van der Waals surface area contributed by atoms with Gasteiger partial charge in [0, 0.05) is 30.0 Å². The van der Waals surface area contributed by atoms with Crippen molar-refractivity contribution in [3.05, 3.63) is 66.0 Å². The first-order chi connectivity index (χ1) is 15.9. The molecule has 1 heterocycles. The predicted octanol–water partition coefficient (Wildman–Crippen LogP) is 7.15. The first-order valence-electron chi connectivity index (χ1n) is 12.5. The molecule has 3 aliphatic carbocycles. The Morgan fingerprint density at radius 3 is 2.39 bits per heavy atom. The summed E-state index contributed by atoms with van der Waals surface area (Å²) in [6.07, 6.45) is 12.0. The molecule has 0 aliphatic heterocycles. The van der Waals surface area contributed by atoms with Crippen LogP contribution in [0, 0.1) is 12.3 Å². The fourth-order valence-electron chi connectivity index (χ4n) is 6.04. The standard InChI is InChI=1S/C29H37N3O/c1-21(2)32-19-24(18-31-32)23-6-5-7-26(17-23)30-20-28-10-13-29(14-11-28,15-12-28)25-8-9-27(33-4)22(3)16-25/h5-9,16-19,21,30H,10-15,20H2,1-4H3. The summed E-state index contributed by atoms with van der Waals surface area (Å²) >= 11 is 0. The number of anilines is 1. The van der Waals surface area contributed by atoms with Crippen LogP contribution in [0.25, 0.3) is 11.1 Å². The number of hydrogen-bond donors (Lipinski definition) is 1. The maximum Gasteiger partial charge on any atom is 0.121 e. The van der Waals surface area contributed by atoms with Crippen molar-refractivity contribution < 1.29 is 4.74 Å². The number of aromatic nitrogens is 2. The second-order valence-electron chi connectivity index (χ2n) is 10.7. The average molecular weight is 444 g/mol. The number of benzene rings is 2. The Hall–Kier alpha value is -2.75. The lowest BCUT2D eigenvalue weighted by atomic mass is 9.52. The van der Waals surface area contributed by atoms with Crippen molar-refractivity contribution in [1.29, 1.82) is 0 Å². The Kier molecular flexibility index (Phi) is 5.72. The van der Waals surface area contributed by atoms with Crippen molar-refractivity contribution >= 4 is 5.69 Å². The fourth-order valence-corrected chi connectivity index (χ4v) is 6.04. The van der Waals surface area contributed by atoms with Gasteiger partial charge in [0.05, 0.1) is 13.3 Å². The van der Waals surface area contributed by atoms with E-state index in [-0.39, 0.29) is 0 Å². The van der Waals surface area contributed by atoms with E-state index >= 15 is 0 Å². The van der Waals surface area contributed by atoms with Crippen molar-refractivity contribution in [1.82, 2.24) is 9.78 Å². The van der Waals surface area contributed by atoms with E-state index in [2.05, 4.69) is 79.8 Å². The number of methoxy groups -OCH3 is 1. The summed E-state index contributed by atoms with van der Waals surface area (Å²) in [6, 6.07) is 16.0. The van der Waals surface area contributed by atoms with Gasteiger partial charge in [0.15, 0.2) is 0 Å². The van der Waals surface area contributed by atoms with E-state index < -0.39 is 0 Å². The molecule has 3 aliphatic rings. The van der Waals surface area contributed by atoms with Gasteiger partial charge in [0.25, 0.3) is 0 Å². The average Bonchev–Trinajstić information content (AvgIpc) is 3.35. The Morgan fingerprint density at radius 2 is 1.76 bits per heavy atom. The third-order valence-corrected chi connectivity index (χ3v) is 8.40. The number of fused-ring (bicyclic) bond motifs is 3. The number of ether oxygens (including phenoxy) is 1. The molecule has 0 amide bonds. The molecule has 2 bridgehead atoms. The molecule has 0 atom stereocenters.